The Morgan fingerprint density at radius 2 is 1.92 bits per heavy atom. The average molecular weight is 335 g/mol. The summed E-state index contributed by atoms with van der Waals surface area (Å²) >= 11 is 0. The van der Waals surface area contributed by atoms with Gasteiger partial charge in [-0.3, -0.25) is 9.59 Å². The van der Waals surface area contributed by atoms with Crippen LogP contribution in [0, 0.1) is 0 Å². The van der Waals surface area contributed by atoms with Crippen molar-refractivity contribution in [2.24, 2.45) is 7.05 Å². The zero-order valence-electron chi connectivity index (χ0n) is 13.3. The minimum atomic E-state index is -0.433. The number of nitrogens with one attached hydrogen (secondary N) is 1. The van der Waals surface area contributed by atoms with Crippen molar-refractivity contribution in [1.82, 2.24) is 9.78 Å². The van der Waals surface area contributed by atoms with Crippen LogP contribution in [0.2, 0.25) is 0 Å². The first kappa shape index (κ1) is 15.1. The second-order valence-corrected chi connectivity index (χ2v) is 5.73. The molecule has 2 heterocycles. The van der Waals surface area contributed by atoms with Crippen LogP contribution in [0.4, 0.5) is 5.69 Å². The third-order valence-electron chi connectivity index (χ3n) is 4.11. The molecule has 25 heavy (non-hydrogen) atoms. The van der Waals surface area contributed by atoms with Gasteiger partial charge in [-0.1, -0.05) is 18.2 Å². The van der Waals surface area contributed by atoms with Crippen LogP contribution in [-0.2, 0) is 18.4 Å². The van der Waals surface area contributed by atoms with E-state index in [1.54, 1.807) is 42.5 Å². The van der Waals surface area contributed by atoms with Crippen LogP contribution in [-0.4, -0.2) is 21.7 Å². The molecule has 0 aliphatic carbocycles. The van der Waals surface area contributed by atoms with Crippen molar-refractivity contribution in [2.45, 2.75) is 6.61 Å². The average Bonchev–Trinajstić information content (AvgIpc) is 2.98. The number of aryl methyl sites for hydroxylation is 1. The number of hydrogen-bond donors (Lipinski definition) is 1. The van der Waals surface area contributed by atoms with Crippen molar-refractivity contribution in [3.05, 3.63) is 69.6 Å². The molecule has 0 saturated carbocycles. The Morgan fingerprint density at radius 1 is 1.16 bits per heavy atom. The fourth-order valence-electron chi connectivity index (χ4n) is 2.87. The van der Waals surface area contributed by atoms with Crippen molar-refractivity contribution in [3.63, 3.8) is 0 Å². The van der Waals surface area contributed by atoms with E-state index in [1.807, 2.05) is 0 Å². The van der Waals surface area contributed by atoms with Crippen molar-refractivity contribution in [3.8, 4) is 0 Å². The number of nitrogens with zero attached hydrogens (tertiary/aromatic N) is 2. The van der Waals surface area contributed by atoms with Gasteiger partial charge in [0.2, 0.25) is 0 Å². The summed E-state index contributed by atoms with van der Waals surface area (Å²) < 4.78 is 6.10. The molecule has 1 aromatic heterocycles. The highest BCUT2D eigenvalue weighted by atomic mass is 16.5. The number of amides is 1. The lowest BCUT2D eigenvalue weighted by molar-refractivity contribution is 0.0535. The lowest BCUT2D eigenvalue weighted by Crippen LogP contribution is -2.25. The Balaban J connectivity index is 1.73. The van der Waals surface area contributed by atoms with Crippen molar-refractivity contribution < 1.29 is 14.3 Å². The Bertz CT molecular complexity index is 1100. The highest BCUT2D eigenvalue weighted by molar-refractivity contribution is 6.11. The summed E-state index contributed by atoms with van der Waals surface area (Å²) in [4.78, 5) is 36.3. The summed E-state index contributed by atoms with van der Waals surface area (Å²) in [5, 5.41) is 7.77. The fourth-order valence-corrected chi connectivity index (χ4v) is 2.87. The zero-order chi connectivity index (χ0) is 17.6. The van der Waals surface area contributed by atoms with Gasteiger partial charge in [0.25, 0.3) is 11.5 Å². The molecule has 0 spiro atoms. The van der Waals surface area contributed by atoms with Gasteiger partial charge in [-0.2, -0.15) is 5.10 Å². The molecule has 4 rings (SSSR count). The molecular weight excluding hydrogens is 322 g/mol. The molecule has 1 N–H and O–H groups in total. The number of aromatic nitrogens is 2. The first-order valence-corrected chi connectivity index (χ1v) is 7.62. The molecular formula is C18H13N3O4. The number of hydrogen-bond acceptors (Lipinski definition) is 5. The smallest absolute Gasteiger partial charge is 0.338 e. The molecule has 0 saturated heterocycles. The van der Waals surface area contributed by atoms with Crippen molar-refractivity contribution >= 4 is 28.3 Å². The summed E-state index contributed by atoms with van der Waals surface area (Å²) in [5.74, 6) is -0.796. The van der Waals surface area contributed by atoms with Gasteiger partial charge in [-0.05, 0) is 24.3 Å². The predicted molar refractivity (Wildman–Crippen MR) is 90.5 cm³/mol. The van der Waals surface area contributed by atoms with E-state index in [2.05, 4.69) is 10.4 Å². The molecule has 0 fully saturated rings. The molecule has 7 nitrogen and oxygen atoms in total. The maximum atomic E-state index is 12.7. The Hall–Kier alpha value is -3.48. The zero-order valence-corrected chi connectivity index (χ0v) is 13.3. The molecule has 0 atom stereocenters. The van der Waals surface area contributed by atoms with Gasteiger partial charge in [0, 0.05) is 23.7 Å². The highest BCUT2D eigenvalue weighted by Crippen LogP contribution is 2.24. The summed E-state index contributed by atoms with van der Waals surface area (Å²) in [5.41, 5.74) is 1.65. The lowest BCUT2D eigenvalue weighted by atomic mass is 10.1. The standard InChI is InChI=1S/C18H13N3O4/c1-21-17(23)14-5-3-2-4-13(14)15(20-21)16(22)19-11-6-7-12-10(8-11)9-25-18(12)24/h2-8H,9H2,1H3,(H,19,22). The summed E-state index contributed by atoms with van der Waals surface area (Å²) in [6, 6.07) is 11.8. The van der Waals surface area contributed by atoms with E-state index in [0.717, 1.165) is 10.2 Å². The van der Waals surface area contributed by atoms with E-state index in [4.69, 9.17) is 4.74 Å². The lowest BCUT2D eigenvalue weighted by Gasteiger charge is -2.09. The van der Waals surface area contributed by atoms with Crippen LogP contribution in [0.5, 0.6) is 0 Å². The minimum Gasteiger partial charge on any atom is -0.457 e. The monoisotopic (exact) mass is 335 g/mol. The van der Waals surface area contributed by atoms with Gasteiger partial charge in [-0.25, -0.2) is 9.48 Å². The van der Waals surface area contributed by atoms with E-state index in [-0.39, 0.29) is 23.8 Å². The number of cyclic esters (lactones) is 1. The number of anilines is 1. The predicted octanol–water partition coefficient (Wildman–Crippen LogP) is 1.86. The molecule has 2 aromatic carbocycles. The number of benzene rings is 2. The van der Waals surface area contributed by atoms with Crippen molar-refractivity contribution in [1.29, 1.82) is 0 Å². The summed E-state index contributed by atoms with van der Waals surface area (Å²) in [6.45, 7) is 0.193. The quantitative estimate of drug-likeness (QED) is 0.722. The van der Waals surface area contributed by atoms with Crippen LogP contribution >= 0.6 is 0 Å². The first-order valence-electron chi connectivity index (χ1n) is 7.62. The molecule has 124 valence electrons. The topological polar surface area (TPSA) is 90.3 Å². The van der Waals surface area contributed by atoms with E-state index in [1.165, 1.54) is 7.05 Å². The molecule has 3 aromatic rings. The number of carbonyl (C=O) groups is 2. The van der Waals surface area contributed by atoms with Crippen LogP contribution in [0.15, 0.2) is 47.3 Å². The molecule has 0 unspecified atom stereocenters. The highest BCUT2D eigenvalue weighted by Gasteiger charge is 2.22. The van der Waals surface area contributed by atoms with Crippen LogP contribution in [0.25, 0.3) is 10.8 Å². The van der Waals surface area contributed by atoms with Gasteiger partial charge in [-0.15, -0.1) is 0 Å². The molecule has 1 aliphatic rings. The molecule has 0 radical (unpaired) electrons. The number of fused-ring (bicyclic) bond motifs is 2. The van der Waals surface area contributed by atoms with Gasteiger partial charge in [0.05, 0.1) is 10.9 Å². The number of rotatable bonds is 2. The normalized spacial score (nSPS) is 12.8. The first-order chi connectivity index (χ1) is 12.0. The van der Waals surface area contributed by atoms with E-state index in [0.29, 0.717) is 22.0 Å². The largest absolute Gasteiger partial charge is 0.457 e. The van der Waals surface area contributed by atoms with E-state index >= 15 is 0 Å². The molecule has 1 aliphatic heterocycles. The summed E-state index contributed by atoms with van der Waals surface area (Å²) in [6.07, 6.45) is 0. The second-order valence-electron chi connectivity index (χ2n) is 5.73. The third-order valence-corrected chi connectivity index (χ3v) is 4.11. The van der Waals surface area contributed by atoms with Gasteiger partial charge in [0.15, 0.2) is 5.69 Å². The number of ether oxygens (including phenoxy) is 1. The number of esters is 1. The minimum absolute atomic E-state index is 0.158. The Labute approximate surface area is 141 Å². The third kappa shape index (κ3) is 2.46. The molecule has 7 heteroatoms. The van der Waals surface area contributed by atoms with Gasteiger partial charge < -0.3 is 10.1 Å². The van der Waals surface area contributed by atoms with Crippen molar-refractivity contribution in [2.75, 3.05) is 5.32 Å². The van der Waals surface area contributed by atoms with Crippen LogP contribution in [0.3, 0.4) is 0 Å². The van der Waals surface area contributed by atoms with Crippen LogP contribution < -0.4 is 10.9 Å². The SMILES string of the molecule is Cn1nc(C(=O)Nc2ccc3c(c2)COC3=O)c2ccccc2c1=O. The maximum absolute atomic E-state index is 12.7. The van der Waals surface area contributed by atoms with Gasteiger partial charge >= 0.3 is 5.97 Å². The Morgan fingerprint density at radius 3 is 2.72 bits per heavy atom. The molecule has 0 bridgehead atoms. The fraction of sp³-hybridized carbons (Fsp3) is 0.111. The Kier molecular flexibility index (Phi) is 3.35. The van der Waals surface area contributed by atoms with Gasteiger partial charge in [0.1, 0.15) is 6.61 Å². The van der Waals surface area contributed by atoms with Crippen LogP contribution in [0.1, 0.15) is 26.4 Å². The summed E-state index contributed by atoms with van der Waals surface area (Å²) in [7, 11) is 1.50. The number of carbonyl (C=O) groups excluding carboxylic acids is 2. The molecule has 1 amide bonds. The maximum Gasteiger partial charge on any atom is 0.338 e. The van der Waals surface area contributed by atoms with E-state index < -0.39 is 5.91 Å². The van der Waals surface area contributed by atoms with E-state index in [9.17, 15) is 14.4 Å². The second kappa shape index (κ2) is 5.55.